The number of thioether (sulfide) groups is 1. The molecule has 4 heterocycles. The zero-order valence-electron chi connectivity index (χ0n) is 35.8. The van der Waals surface area contributed by atoms with Crippen LogP contribution in [0, 0.1) is 12.8 Å². The van der Waals surface area contributed by atoms with Crippen LogP contribution >= 0.6 is 11.8 Å². The quantitative estimate of drug-likeness (QED) is 0.0380. The number of ketones is 1. The summed E-state index contributed by atoms with van der Waals surface area (Å²) in [5.41, 5.74) is 5.60. The lowest BCUT2D eigenvalue weighted by atomic mass is 9.90. The van der Waals surface area contributed by atoms with Crippen molar-refractivity contribution >= 4 is 53.4 Å². The number of rotatable bonds is 18. The molecule has 3 aliphatic rings. The standard InChI is InChI=1S/C48H55N7O7S/c1-30-22-37(23-33-10-18-39(41(24-33)62-3)54-26-31(2)51-29-54)47(60)55(25-30)40(27-56)34-14-16-36(17-15-34)46(59)35-12-8-32(9-13-35)11-19-44(58)50-21-20-49-43(57)7-5-4-6-42-45-38(28-63-42)52-48(61)53-45/h8-19,23-24,26,29-30,38,40,42,45,56H,4-7,20-22,25,27-28H2,1-3H3,(H,49,57)(H,50,58)(H2,52,53,61)/b19-11+,37-23+/t30-,38?,40-,42-,45?/m0/s1. The van der Waals surface area contributed by atoms with Gasteiger partial charge >= 0.3 is 6.03 Å². The number of likely N-dealkylation sites (tertiary alicyclic amines) is 1. The second-order valence-electron chi connectivity index (χ2n) is 16.4. The number of amides is 5. The summed E-state index contributed by atoms with van der Waals surface area (Å²) in [7, 11) is 1.61. The van der Waals surface area contributed by atoms with E-state index in [-0.39, 0.29) is 54.1 Å². The molecule has 3 aliphatic heterocycles. The fraction of sp³-hybridized carbons (Fsp3) is 0.375. The number of carbonyl (C=O) groups excluding carboxylic acids is 5. The molecule has 330 valence electrons. The molecule has 1 aromatic heterocycles. The van der Waals surface area contributed by atoms with Crippen molar-refractivity contribution in [3.63, 3.8) is 0 Å². The van der Waals surface area contributed by atoms with Crippen molar-refractivity contribution in [2.24, 2.45) is 5.92 Å². The number of hydrogen-bond donors (Lipinski definition) is 5. The highest BCUT2D eigenvalue weighted by Gasteiger charge is 2.42. The SMILES string of the molecule is COc1cc(/C=C2\C[C@H](C)CN([C@@H](CO)c3ccc(C(=O)c4ccc(/C=C/C(=O)NCCNC(=O)CCCC[C@@H]5SCC6NC(=O)NC65)cc4)cc3)C2=O)ccc1-n1cnc(C)c1. The number of urea groups is 1. The average molecular weight is 874 g/mol. The molecule has 5 N–H and O–H groups in total. The Morgan fingerprint density at radius 1 is 0.984 bits per heavy atom. The Kier molecular flexibility index (Phi) is 14.8. The number of piperidine rings is 1. The molecule has 3 fully saturated rings. The minimum Gasteiger partial charge on any atom is -0.495 e. The molecule has 0 radical (unpaired) electrons. The summed E-state index contributed by atoms with van der Waals surface area (Å²) < 4.78 is 7.58. The molecular weight excluding hydrogens is 819 g/mol. The van der Waals surface area contributed by atoms with Gasteiger partial charge in [-0.2, -0.15) is 11.8 Å². The molecule has 4 aromatic rings. The molecule has 0 aliphatic carbocycles. The molecule has 7 rings (SSSR count). The van der Waals surface area contributed by atoms with E-state index in [0.29, 0.717) is 60.2 Å². The van der Waals surface area contributed by atoms with Gasteiger partial charge < -0.3 is 40.6 Å². The Labute approximate surface area is 371 Å². The van der Waals surface area contributed by atoms with Crippen molar-refractivity contribution < 1.29 is 33.8 Å². The summed E-state index contributed by atoms with van der Waals surface area (Å²) in [5, 5.41) is 22.5. The number of aromatic nitrogens is 2. The van der Waals surface area contributed by atoms with Gasteiger partial charge in [-0.15, -0.1) is 0 Å². The highest BCUT2D eigenvalue weighted by atomic mass is 32.2. The molecule has 15 heteroatoms. The Balaban J connectivity index is 0.861. The van der Waals surface area contributed by atoms with Gasteiger partial charge in [0.1, 0.15) is 5.75 Å². The van der Waals surface area contributed by atoms with E-state index in [2.05, 4.69) is 33.2 Å². The monoisotopic (exact) mass is 873 g/mol. The number of carbonyl (C=O) groups is 5. The molecule has 3 aromatic carbocycles. The second-order valence-corrected chi connectivity index (χ2v) is 17.7. The molecule has 0 spiro atoms. The Morgan fingerprint density at radius 2 is 1.71 bits per heavy atom. The first-order chi connectivity index (χ1) is 30.5. The third-order valence-corrected chi connectivity index (χ3v) is 13.2. The molecule has 2 unspecified atom stereocenters. The molecule has 5 amide bonds. The number of nitrogens with one attached hydrogen (secondary N) is 4. The Morgan fingerprint density at radius 3 is 2.43 bits per heavy atom. The number of aliphatic hydroxyl groups is 1. The van der Waals surface area contributed by atoms with Crippen LogP contribution in [0.4, 0.5) is 4.79 Å². The largest absolute Gasteiger partial charge is 0.495 e. The van der Waals surface area contributed by atoms with Crippen LogP contribution < -0.4 is 26.0 Å². The van der Waals surface area contributed by atoms with Gasteiger partial charge in [-0.25, -0.2) is 9.78 Å². The summed E-state index contributed by atoms with van der Waals surface area (Å²) in [6.45, 7) is 4.83. The normalized spacial score (nSPS) is 20.6. The van der Waals surface area contributed by atoms with E-state index in [9.17, 15) is 29.1 Å². The molecule has 0 bridgehead atoms. The van der Waals surface area contributed by atoms with E-state index >= 15 is 0 Å². The van der Waals surface area contributed by atoms with Crippen LogP contribution in [0.15, 0.2) is 90.9 Å². The number of hydrogen-bond acceptors (Lipinski definition) is 9. The van der Waals surface area contributed by atoms with Crippen molar-refractivity contribution in [1.29, 1.82) is 0 Å². The number of aryl methyl sites for hydroxylation is 1. The van der Waals surface area contributed by atoms with Crippen LogP contribution in [0.3, 0.4) is 0 Å². The van der Waals surface area contributed by atoms with E-state index in [1.807, 2.05) is 53.7 Å². The Bertz CT molecular complexity index is 2360. The van der Waals surface area contributed by atoms with Crippen LogP contribution in [0.25, 0.3) is 17.8 Å². The fourth-order valence-electron chi connectivity index (χ4n) is 8.41. The summed E-state index contributed by atoms with van der Waals surface area (Å²) in [6.07, 6.45) is 12.2. The van der Waals surface area contributed by atoms with Crippen LogP contribution in [0.1, 0.15) is 83.4 Å². The maximum Gasteiger partial charge on any atom is 0.315 e. The zero-order valence-corrected chi connectivity index (χ0v) is 36.7. The summed E-state index contributed by atoms with van der Waals surface area (Å²) >= 11 is 1.87. The number of nitrogens with zero attached hydrogens (tertiary/aromatic N) is 3. The smallest absolute Gasteiger partial charge is 0.315 e. The zero-order chi connectivity index (χ0) is 44.5. The first-order valence-electron chi connectivity index (χ1n) is 21.5. The third-order valence-electron chi connectivity index (χ3n) is 11.7. The molecule has 3 saturated heterocycles. The minimum atomic E-state index is -0.593. The maximum atomic E-state index is 13.9. The van der Waals surface area contributed by atoms with E-state index < -0.39 is 6.04 Å². The summed E-state index contributed by atoms with van der Waals surface area (Å²) in [6, 6.07) is 19.4. The predicted molar refractivity (Wildman–Crippen MR) is 243 cm³/mol. The predicted octanol–water partition coefficient (Wildman–Crippen LogP) is 5.38. The van der Waals surface area contributed by atoms with Crippen LogP contribution in [-0.4, -0.2) is 106 Å². The molecule has 63 heavy (non-hydrogen) atoms. The summed E-state index contributed by atoms with van der Waals surface area (Å²) in [4.78, 5) is 69.6. The molecule has 14 nitrogen and oxygen atoms in total. The van der Waals surface area contributed by atoms with E-state index in [0.717, 1.165) is 53.1 Å². The number of benzene rings is 3. The fourth-order valence-corrected chi connectivity index (χ4v) is 9.95. The van der Waals surface area contributed by atoms with Crippen molar-refractivity contribution in [2.45, 2.75) is 69.3 Å². The van der Waals surface area contributed by atoms with Gasteiger partial charge in [0.25, 0.3) is 0 Å². The van der Waals surface area contributed by atoms with Crippen molar-refractivity contribution in [1.82, 2.24) is 35.7 Å². The van der Waals surface area contributed by atoms with E-state index in [1.54, 1.807) is 72.9 Å². The van der Waals surface area contributed by atoms with Gasteiger partial charge in [0.05, 0.1) is 49.6 Å². The molecule has 5 atom stereocenters. The van der Waals surface area contributed by atoms with Crippen molar-refractivity contribution in [3.05, 3.63) is 124 Å². The lowest BCUT2D eigenvalue weighted by Gasteiger charge is -2.38. The highest BCUT2D eigenvalue weighted by molar-refractivity contribution is 8.00. The first kappa shape index (κ1) is 44.9. The molecular formula is C48H55N7O7S. The lowest BCUT2D eigenvalue weighted by Crippen LogP contribution is -2.44. The summed E-state index contributed by atoms with van der Waals surface area (Å²) in [5.74, 6) is 1.05. The first-order valence-corrected chi connectivity index (χ1v) is 22.5. The second kappa shape index (κ2) is 20.8. The van der Waals surface area contributed by atoms with Gasteiger partial charge in [0.2, 0.25) is 17.7 Å². The minimum absolute atomic E-state index is 0.0545. The van der Waals surface area contributed by atoms with Gasteiger partial charge in [-0.05, 0) is 73.1 Å². The lowest BCUT2D eigenvalue weighted by molar-refractivity contribution is -0.133. The van der Waals surface area contributed by atoms with Crippen LogP contribution in [0.2, 0.25) is 0 Å². The van der Waals surface area contributed by atoms with Gasteiger partial charge in [0.15, 0.2) is 5.78 Å². The number of aliphatic hydroxyl groups excluding tert-OH is 1. The number of fused-ring (bicyclic) bond motifs is 1. The third kappa shape index (κ3) is 11.3. The number of methoxy groups -OCH3 is 1. The van der Waals surface area contributed by atoms with Crippen molar-refractivity contribution in [3.8, 4) is 11.4 Å². The average Bonchev–Trinajstić information content (AvgIpc) is 4.00. The van der Waals surface area contributed by atoms with Gasteiger partial charge in [-0.1, -0.05) is 67.9 Å². The maximum absolute atomic E-state index is 13.9. The Hall–Kier alpha value is -6.19. The van der Waals surface area contributed by atoms with E-state index in [1.165, 1.54) is 6.08 Å². The van der Waals surface area contributed by atoms with E-state index in [4.69, 9.17) is 4.74 Å². The topological polar surface area (TPSA) is 184 Å². The molecule has 0 saturated carbocycles. The van der Waals surface area contributed by atoms with Crippen molar-refractivity contribution in [2.75, 3.05) is 39.1 Å². The number of ether oxygens (including phenoxy) is 1. The van der Waals surface area contributed by atoms with Crippen LogP contribution in [0.5, 0.6) is 5.75 Å². The van der Waals surface area contributed by atoms with Gasteiger partial charge in [-0.3, -0.25) is 19.2 Å². The number of unbranched alkanes of at least 4 members (excludes halogenated alkanes) is 1. The van der Waals surface area contributed by atoms with Crippen LogP contribution in [-0.2, 0) is 14.4 Å². The highest BCUT2D eigenvalue weighted by Crippen LogP contribution is 2.34. The van der Waals surface area contributed by atoms with Gasteiger partial charge in [0, 0.05) is 66.0 Å². The number of imidazole rings is 1.